The van der Waals surface area contributed by atoms with Crippen LogP contribution in [0.15, 0.2) is 0 Å². The van der Waals surface area contributed by atoms with Crippen LogP contribution in [-0.2, 0) is 14.6 Å². The smallest absolute Gasteiger partial charge is 0.326 e. The lowest BCUT2D eigenvalue weighted by Gasteiger charge is -2.23. The Labute approximate surface area is 107 Å². The summed E-state index contributed by atoms with van der Waals surface area (Å²) >= 11 is 0. The molecular formula is C10H20N2O5S. The molecule has 0 saturated carbocycles. The molecule has 0 rings (SSSR count). The third-order valence-electron chi connectivity index (χ3n) is 2.36. The van der Waals surface area contributed by atoms with Crippen molar-refractivity contribution in [3.05, 3.63) is 0 Å². The second-order valence-corrected chi connectivity index (χ2v) is 6.82. The van der Waals surface area contributed by atoms with Gasteiger partial charge in [0.25, 0.3) is 0 Å². The molecule has 0 aliphatic heterocycles. The van der Waals surface area contributed by atoms with Gasteiger partial charge in [-0.2, -0.15) is 0 Å². The molecule has 0 aliphatic carbocycles. The van der Waals surface area contributed by atoms with E-state index in [0.29, 0.717) is 0 Å². The summed E-state index contributed by atoms with van der Waals surface area (Å²) in [5, 5.41) is 11.2. The number of carboxylic acid groups (broad SMARTS) is 1. The Balaban J connectivity index is 4.43. The Morgan fingerprint density at radius 1 is 1.33 bits per heavy atom. The van der Waals surface area contributed by atoms with E-state index in [-0.39, 0.29) is 18.2 Å². The zero-order valence-corrected chi connectivity index (χ0v) is 11.8. The number of urea groups is 1. The summed E-state index contributed by atoms with van der Waals surface area (Å²) in [6, 6.07) is -1.59. The molecule has 7 nitrogen and oxygen atoms in total. The van der Waals surface area contributed by atoms with Gasteiger partial charge in [0, 0.05) is 19.8 Å². The number of amides is 2. The number of hydrogen-bond donors (Lipinski definition) is 2. The molecule has 0 aromatic carbocycles. The second kappa shape index (κ2) is 6.58. The van der Waals surface area contributed by atoms with Gasteiger partial charge in [-0.1, -0.05) is 13.8 Å². The van der Waals surface area contributed by atoms with Crippen LogP contribution in [0.5, 0.6) is 0 Å². The fraction of sp³-hybridized carbons (Fsp3) is 0.800. The highest BCUT2D eigenvalue weighted by molar-refractivity contribution is 7.90. The number of aliphatic carboxylic acids is 1. The van der Waals surface area contributed by atoms with Gasteiger partial charge in [0.05, 0.1) is 5.75 Å². The lowest BCUT2D eigenvalue weighted by molar-refractivity contribution is -0.140. The summed E-state index contributed by atoms with van der Waals surface area (Å²) in [5.41, 5.74) is 0. The fourth-order valence-corrected chi connectivity index (χ4v) is 1.77. The van der Waals surface area contributed by atoms with Crippen LogP contribution in [0.1, 0.15) is 13.8 Å². The molecule has 8 heteroatoms. The first-order chi connectivity index (χ1) is 8.04. The van der Waals surface area contributed by atoms with Crippen molar-refractivity contribution < 1.29 is 23.1 Å². The molecule has 106 valence electrons. The molecule has 18 heavy (non-hydrogen) atoms. The van der Waals surface area contributed by atoms with Crippen molar-refractivity contribution in [3.8, 4) is 0 Å². The Morgan fingerprint density at radius 3 is 2.17 bits per heavy atom. The van der Waals surface area contributed by atoms with Crippen LogP contribution in [-0.4, -0.2) is 62.1 Å². The van der Waals surface area contributed by atoms with Crippen molar-refractivity contribution in [2.45, 2.75) is 19.9 Å². The van der Waals surface area contributed by atoms with E-state index in [2.05, 4.69) is 5.32 Å². The fourth-order valence-electron chi connectivity index (χ4n) is 1.16. The number of nitrogens with zero attached hydrogens (tertiary/aromatic N) is 1. The number of sulfone groups is 1. The van der Waals surface area contributed by atoms with Gasteiger partial charge >= 0.3 is 12.0 Å². The summed E-state index contributed by atoms with van der Waals surface area (Å²) in [5.74, 6) is -1.53. The highest BCUT2D eigenvalue weighted by Gasteiger charge is 2.24. The van der Waals surface area contributed by atoms with Crippen LogP contribution < -0.4 is 5.32 Å². The molecule has 0 spiro atoms. The number of carbonyl (C=O) groups is 2. The predicted molar refractivity (Wildman–Crippen MR) is 67.1 cm³/mol. The van der Waals surface area contributed by atoms with E-state index >= 15 is 0 Å². The second-order valence-electron chi connectivity index (χ2n) is 4.56. The van der Waals surface area contributed by atoms with Crippen LogP contribution in [0, 0.1) is 5.92 Å². The van der Waals surface area contributed by atoms with E-state index in [1.807, 2.05) is 0 Å². The van der Waals surface area contributed by atoms with Gasteiger partial charge in [-0.25, -0.2) is 18.0 Å². The van der Waals surface area contributed by atoms with Crippen LogP contribution in [0.2, 0.25) is 0 Å². The van der Waals surface area contributed by atoms with Gasteiger partial charge < -0.3 is 15.3 Å². The van der Waals surface area contributed by atoms with Crippen LogP contribution in [0.25, 0.3) is 0 Å². The van der Waals surface area contributed by atoms with Gasteiger partial charge in [0.15, 0.2) is 0 Å². The normalized spacial score (nSPS) is 13.2. The van der Waals surface area contributed by atoms with Crippen LogP contribution in [0.3, 0.4) is 0 Å². The molecule has 0 saturated heterocycles. The van der Waals surface area contributed by atoms with E-state index in [4.69, 9.17) is 5.11 Å². The molecule has 0 heterocycles. The third-order valence-corrected chi connectivity index (χ3v) is 3.28. The Morgan fingerprint density at radius 2 is 1.83 bits per heavy atom. The number of carboxylic acids is 1. The maximum absolute atomic E-state index is 11.6. The molecule has 1 atom stereocenters. The molecule has 0 unspecified atom stereocenters. The monoisotopic (exact) mass is 280 g/mol. The number of nitrogens with one attached hydrogen (secondary N) is 1. The Kier molecular flexibility index (Phi) is 6.10. The van der Waals surface area contributed by atoms with E-state index in [0.717, 1.165) is 11.2 Å². The molecule has 0 aromatic rings. The highest BCUT2D eigenvalue weighted by atomic mass is 32.2. The Hall–Kier alpha value is -1.31. The third kappa shape index (κ3) is 6.43. The molecule has 0 fully saturated rings. The highest BCUT2D eigenvalue weighted by Crippen LogP contribution is 2.02. The largest absolute Gasteiger partial charge is 0.480 e. The van der Waals surface area contributed by atoms with E-state index < -0.39 is 27.9 Å². The zero-order valence-electron chi connectivity index (χ0n) is 11.0. The first kappa shape index (κ1) is 16.7. The van der Waals surface area contributed by atoms with Crippen LogP contribution >= 0.6 is 0 Å². The van der Waals surface area contributed by atoms with Crippen molar-refractivity contribution in [3.63, 3.8) is 0 Å². The number of carbonyl (C=O) groups excluding carboxylic acids is 1. The van der Waals surface area contributed by atoms with E-state index in [1.54, 1.807) is 13.8 Å². The van der Waals surface area contributed by atoms with E-state index in [9.17, 15) is 18.0 Å². The molecule has 0 aliphatic rings. The van der Waals surface area contributed by atoms with Gasteiger partial charge in [0.2, 0.25) is 0 Å². The van der Waals surface area contributed by atoms with Gasteiger partial charge in [-0.3, -0.25) is 0 Å². The topological polar surface area (TPSA) is 104 Å². The summed E-state index contributed by atoms with van der Waals surface area (Å²) in [4.78, 5) is 23.7. The molecule has 0 bridgehead atoms. The average Bonchev–Trinajstić information content (AvgIpc) is 2.19. The molecular weight excluding hydrogens is 260 g/mol. The lowest BCUT2D eigenvalue weighted by atomic mass is 10.1. The maximum Gasteiger partial charge on any atom is 0.326 e. The lowest BCUT2D eigenvalue weighted by Crippen LogP contribution is -2.49. The van der Waals surface area contributed by atoms with Crippen molar-refractivity contribution in [1.82, 2.24) is 10.2 Å². The maximum atomic E-state index is 11.6. The molecule has 2 amide bonds. The SMILES string of the molecule is CC(C)[C@H](NC(=O)N(C)CCS(C)(=O)=O)C(=O)O. The summed E-state index contributed by atoms with van der Waals surface area (Å²) in [6.07, 6.45) is 1.08. The number of hydrogen-bond acceptors (Lipinski definition) is 4. The van der Waals surface area contributed by atoms with E-state index in [1.165, 1.54) is 7.05 Å². The minimum absolute atomic E-state index is 0.0229. The van der Waals surface area contributed by atoms with Crippen molar-refractivity contribution in [2.24, 2.45) is 5.92 Å². The average molecular weight is 280 g/mol. The van der Waals surface area contributed by atoms with Crippen molar-refractivity contribution in [2.75, 3.05) is 25.6 Å². The van der Waals surface area contributed by atoms with Gasteiger partial charge in [0.1, 0.15) is 15.9 Å². The predicted octanol–water partition coefficient (Wildman–Crippen LogP) is -0.218. The molecule has 0 aromatic heterocycles. The van der Waals surface area contributed by atoms with Crippen LogP contribution in [0.4, 0.5) is 4.79 Å². The minimum Gasteiger partial charge on any atom is -0.480 e. The summed E-state index contributed by atoms with van der Waals surface area (Å²) in [7, 11) is -1.74. The van der Waals surface area contributed by atoms with Gasteiger partial charge in [-0.15, -0.1) is 0 Å². The van der Waals surface area contributed by atoms with Gasteiger partial charge in [-0.05, 0) is 5.92 Å². The first-order valence-electron chi connectivity index (χ1n) is 5.46. The minimum atomic E-state index is -3.15. The molecule has 0 radical (unpaired) electrons. The van der Waals surface area contributed by atoms with Crippen molar-refractivity contribution >= 4 is 21.8 Å². The summed E-state index contributed by atoms with van der Waals surface area (Å²) < 4.78 is 21.9. The quantitative estimate of drug-likeness (QED) is 0.700. The standard InChI is InChI=1S/C10H20N2O5S/c1-7(2)8(9(13)14)11-10(15)12(3)5-6-18(4,16)17/h7-8H,5-6H2,1-4H3,(H,11,15)(H,13,14)/t8-/m0/s1. The Bertz CT molecular complexity index is 404. The number of rotatable bonds is 6. The first-order valence-corrected chi connectivity index (χ1v) is 7.53. The zero-order chi connectivity index (χ0) is 14.5. The summed E-state index contributed by atoms with van der Waals surface area (Å²) in [6.45, 7) is 3.38. The molecule has 2 N–H and O–H groups in total. The van der Waals surface area contributed by atoms with Crippen molar-refractivity contribution in [1.29, 1.82) is 0 Å².